The number of carbonyl (C=O) groups excluding carboxylic acids is 3. The van der Waals surface area contributed by atoms with E-state index in [4.69, 9.17) is 14.2 Å². The summed E-state index contributed by atoms with van der Waals surface area (Å²) in [5.74, 6) is -0.922. The van der Waals surface area contributed by atoms with Crippen molar-refractivity contribution >= 4 is 17.9 Å². The van der Waals surface area contributed by atoms with Crippen LogP contribution >= 0.6 is 0 Å². The molecule has 6 nitrogen and oxygen atoms in total. The maximum atomic E-state index is 12.9. The molecule has 0 aliphatic carbocycles. The topological polar surface area (TPSA) is 78.9 Å². The Morgan fingerprint density at radius 2 is 0.481 bits per heavy atom. The van der Waals surface area contributed by atoms with Gasteiger partial charge in [-0.1, -0.05) is 288 Å². The lowest BCUT2D eigenvalue weighted by Gasteiger charge is -2.18. The molecule has 81 heavy (non-hydrogen) atoms. The van der Waals surface area contributed by atoms with E-state index in [2.05, 4.69) is 179 Å². The molecular formula is C75H120O6. The Bertz CT molecular complexity index is 1810. The molecule has 456 valence electrons. The number of allylic oxidation sites excluding steroid dienone is 26. The Labute approximate surface area is 499 Å². The number of esters is 3. The van der Waals surface area contributed by atoms with Crippen molar-refractivity contribution in [2.75, 3.05) is 13.2 Å². The van der Waals surface area contributed by atoms with E-state index >= 15 is 0 Å². The normalized spacial score (nSPS) is 13.2. The van der Waals surface area contributed by atoms with Gasteiger partial charge in [0, 0.05) is 19.3 Å². The van der Waals surface area contributed by atoms with Crippen LogP contribution in [0, 0.1) is 0 Å². The molecular weight excluding hydrogens is 997 g/mol. The van der Waals surface area contributed by atoms with Crippen LogP contribution in [-0.2, 0) is 28.6 Å². The van der Waals surface area contributed by atoms with Crippen LogP contribution in [0.15, 0.2) is 158 Å². The number of unbranched alkanes of at least 4 members (excludes halogenated alkanes) is 21. The van der Waals surface area contributed by atoms with Crippen molar-refractivity contribution in [1.82, 2.24) is 0 Å². The fourth-order valence-electron chi connectivity index (χ4n) is 8.66. The van der Waals surface area contributed by atoms with Gasteiger partial charge < -0.3 is 14.2 Å². The number of carbonyl (C=O) groups is 3. The zero-order valence-electron chi connectivity index (χ0n) is 52.2. The molecule has 1 unspecified atom stereocenters. The standard InChI is InChI=1S/C75H120O6/c1-4-7-10-13-16-19-21-23-25-27-29-31-33-35-36-37-38-40-41-43-45-47-49-51-53-56-59-62-65-68-74(77)80-71-72(70-79-73(76)67-64-61-58-55-18-15-12-9-6-3)81-75(78)69-66-63-60-57-54-52-50-48-46-44-42-39-34-32-30-28-26-24-22-20-17-14-11-8-5-2/h7-8,10-11,16-17,19-20,23-26,29-32,35-36,38-40,42-43,45-46,48,72H,4-6,9,12-15,18,21-22,27-28,33-34,37,41,44,47,49-71H2,1-3H3/b10-7-,11-8-,19-16-,20-17-,25-23-,26-24-,31-29-,32-30-,36-35-,40-38-,42-39-,45-43-,48-46-. The summed E-state index contributed by atoms with van der Waals surface area (Å²) in [6, 6.07) is 0. The van der Waals surface area contributed by atoms with Gasteiger partial charge in [0.2, 0.25) is 0 Å². The number of hydrogen-bond acceptors (Lipinski definition) is 6. The van der Waals surface area contributed by atoms with Gasteiger partial charge in [0.1, 0.15) is 13.2 Å². The van der Waals surface area contributed by atoms with E-state index in [0.717, 1.165) is 161 Å². The Balaban J connectivity index is 4.31. The summed E-state index contributed by atoms with van der Waals surface area (Å²) in [5.41, 5.74) is 0. The van der Waals surface area contributed by atoms with Crippen LogP contribution in [0.2, 0.25) is 0 Å². The van der Waals surface area contributed by atoms with E-state index in [1.54, 1.807) is 0 Å². The second-order valence-electron chi connectivity index (χ2n) is 21.3. The van der Waals surface area contributed by atoms with Gasteiger partial charge in [0.15, 0.2) is 6.10 Å². The maximum absolute atomic E-state index is 12.9. The zero-order valence-corrected chi connectivity index (χ0v) is 52.2. The van der Waals surface area contributed by atoms with E-state index in [9.17, 15) is 14.4 Å². The molecule has 0 aromatic heterocycles. The molecule has 6 heteroatoms. The Kier molecular flexibility index (Phi) is 63.4. The molecule has 0 N–H and O–H groups in total. The molecule has 0 heterocycles. The Morgan fingerprint density at radius 1 is 0.259 bits per heavy atom. The first-order chi connectivity index (χ1) is 40.0. The van der Waals surface area contributed by atoms with Crippen molar-refractivity contribution in [1.29, 1.82) is 0 Å². The molecule has 0 aromatic carbocycles. The minimum absolute atomic E-state index is 0.0919. The molecule has 0 amide bonds. The van der Waals surface area contributed by atoms with Crippen LogP contribution in [-0.4, -0.2) is 37.2 Å². The highest BCUT2D eigenvalue weighted by atomic mass is 16.6. The van der Waals surface area contributed by atoms with Crippen LogP contribution < -0.4 is 0 Å². The Hall–Kier alpha value is -4.97. The van der Waals surface area contributed by atoms with Gasteiger partial charge in [-0.2, -0.15) is 0 Å². The first-order valence-electron chi connectivity index (χ1n) is 33.0. The number of rotatable bonds is 58. The van der Waals surface area contributed by atoms with Crippen molar-refractivity contribution < 1.29 is 28.6 Å². The number of hydrogen-bond donors (Lipinski definition) is 0. The van der Waals surface area contributed by atoms with E-state index in [1.807, 2.05) is 0 Å². The monoisotopic (exact) mass is 1120 g/mol. The third-order valence-electron chi connectivity index (χ3n) is 13.5. The number of ether oxygens (including phenoxy) is 3. The lowest BCUT2D eigenvalue weighted by atomic mass is 10.1. The molecule has 0 saturated heterocycles. The molecule has 1 atom stereocenters. The molecule has 0 rings (SSSR count). The van der Waals surface area contributed by atoms with Gasteiger partial charge >= 0.3 is 17.9 Å². The van der Waals surface area contributed by atoms with Crippen molar-refractivity contribution in [3.8, 4) is 0 Å². The van der Waals surface area contributed by atoms with Crippen molar-refractivity contribution in [2.45, 2.75) is 284 Å². The van der Waals surface area contributed by atoms with Crippen LogP contribution in [0.25, 0.3) is 0 Å². The molecule has 0 spiro atoms. The SMILES string of the molecule is CC/C=C\C/C=C\C/C=C\C/C=C\C/C=C\C/C=C\C/C=C\CCCCCCCCCC(=O)OCC(COC(=O)CCCCCCCCCCC)OC(=O)CCCCCCCC/C=C\C/C=C\C/C=C\C/C=C\C/C=C\C/C=C\CC. The molecule has 0 aliphatic rings. The minimum Gasteiger partial charge on any atom is -0.462 e. The molecule has 0 bridgehead atoms. The second-order valence-corrected chi connectivity index (χ2v) is 21.3. The Morgan fingerprint density at radius 3 is 0.753 bits per heavy atom. The van der Waals surface area contributed by atoms with Gasteiger partial charge in [-0.05, 0) is 128 Å². The summed E-state index contributed by atoms with van der Waals surface area (Å²) in [5, 5.41) is 0. The van der Waals surface area contributed by atoms with Crippen LogP contribution in [0.4, 0.5) is 0 Å². The van der Waals surface area contributed by atoms with Gasteiger partial charge in [-0.25, -0.2) is 0 Å². The summed E-state index contributed by atoms with van der Waals surface area (Å²) >= 11 is 0. The summed E-state index contributed by atoms with van der Waals surface area (Å²) in [6.45, 7) is 6.37. The quantitative estimate of drug-likeness (QED) is 0.0261. The minimum atomic E-state index is -0.797. The van der Waals surface area contributed by atoms with Crippen LogP contribution in [0.5, 0.6) is 0 Å². The highest BCUT2D eigenvalue weighted by Gasteiger charge is 2.19. The van der Waals surface area contributed by atoms with Crippen LogP contribution in [0.1, 0.15) is 278 Å². The second kappa shape index (κ2) is 67.5. The van der Waals surface area contributed by atoms with E-state index in [1.165, 1.54) is 77.0 Å². The van der Waals surface area contributed by atoms with E-state index in [-0.39, 0.29) is 31.1 Å². The highest BCUT2D eigenvalue weighted by Crippen LogP contribution is 2.15. The summed E-state index contributed by atoms with van der Waals surface area (Å²) in [4.78, 5) is 38.2. The fourth-order valence-corrected chi connectivity index (χ4v) is 8.66. The molecule has 0 aliphatic heterocycles. The van der Waals surface area contributed by atoms with Crippen molar-refractivity contribution in [3.63, 3.8) is 0 Å². The first-order valence-corrected chi connectivity index (χ1v) is 33.0. The third kappa shape index (κ3) is 65.7. The predicted molar refractivity (Wildman–Crippen MR) is 352 cm³/mol. The average Bonchev–Trinajstić information content (AvgIpc) is 3.47. The zero-order chi connectivity index (χ0) is 58.5. The van der Waals surface area contributed by atoms with Crippen LogP contribution in [0.3, 0.4) is 0 Å². The van der Waals surface area contributed by atoms with E-state index < -0.39 is 6.10 Å². The first kappa shape index (κ1) is 76.0. The lowest BCUT2D eigenvalue weighted by molar-refractivity contribution is -0.167. The predicted octanol–water partition coefficient (Wildman–Crippen LogP) is 22.9. The van der Waals surface area contributed by atoms with Crippen molar-refractivity contribution in [2.24, 2.45) is 0 Å². The highest BCUT2D eigenvalue weighted by molar-refractivity contribution is 5.71. The molecule has 0 aromatic rings. The summed E-state index contributed by atoms with van der Waals surface area (Å²) in [6.07, 6.45) is 98.3. The lowest BCUT2D eigenvalue weighted by Crippen LogP contribution is -2.30. The molecule has 0 radical (unpaired) electrons. The van der Waals surface area contributed by atoms with Gasteiger partial charge in [0.05, 0.1) is 0 Å². The molecule has 0 fully saturated rings. The average molecular weight is 1120 g/mol. The maximum Gasteiger partial charge on any atom is 0.306 e. The molecule has 0 saturated carbocycles. The van der Waals surface area contributed by atoms with Gasteiger partial charge in [0.25, 0.3) is 0 Å². The smallest absolute Gasteiger partial charge is 0.306 e. The van der Waals surface area contributed by atoms with E-state index in [0.29, 0.717) is 19.3 Å². The largest absolute Gasteiger partial charge is 0.462 e. The summed E-state index contributed by atoms with van der Waals surface area (Å²) in [7, 11) is 0. The summed E-state index contributed by atoms with van der Waals surface area (Å²) < 4.78 is 16.9. The third-order valence-corrected chi connectivity index (χ3v) is 13.5. The fraction of sp³-hybridized carbons (Fsp3) is 0.613. The van der Waals surface area contributed by atoms with Gasteiger partial charge in [-0.15, -0.1) is 0 Å². The van der Waals surface area contributed by atoms with Gasteiger partial charge in [-0.3, -0.25) is 14.4 Å². The van der Waals surface area contributed by atoms with Crippen molar-refractivity contribution in [3.05, 3.63) is 158 Å².